The molecule has 0 spiro atoms. The summed E-state index contributed by atoms with van der Waals surface area (Å²) in [7, 11) is 2.11. The molecule has 0 aromatic heterocycles. The Bertz CT molecular complexity index is 545. The lowest BCUT2D eigenvalue weighted by molar-refractivity contribution is -0.139. The Kier molecular flexibility index (Phi) is 4.39. The molecule has 4 heteroatoms. The molecule has 120 valence electrons. The maximum absolute atomic E-state index is 13.1. The second-order valence-electron chi connectivity index (χ2n) is 6.86. The van der Waals surface area contributed by atoms with Crippen LogP contribution in [0, 0.1) is 11.8 Å². The minimum atomic E-state index is 0.128. The molecule has 0 bridgehead atoms. The minimum Gasteiger partial charge on any atom is -0.372 e. The van der Waals surface area contributed by atoms with Gasteiger partial charge in [-0.05, 0) is 43.9 Å². The summed E-state index contributed by atoms with van der Waals surface area (Å²) in [5, 5.41) is 0. The number of carbonyl (C=O) groups excluding carboxylic acids is 1. The van der Waals surface area contributed by atoms with Gasteiger partial charge in [-0.25, -0.2) is 0 Å². The summed E-state index contributed by atoms with van der Waals surface area (Å²) in [6.07, 6.45) is 3.24. The Morgan fingerprint density at radius 3 is 2.86 bits per heavy atom. The Morgan fingerprint density at radius 2 is 2.09 bits per heavy atom. The van der Waals surface area contributed by atoms with Gasteiger partial charge in [-0.2, -0.15) is 0 Å². The summed E-state index contributed by atoms with van der Waals surface area (Å²) in [4.78, 5) is 17.5. The van der Waals surface area contributed by atoms with Crippen molar-refractivity contribution in [2.45, 2.75) is 38.8 Å². The van der Waals surface area contributed by atoms with Gasteiger partial charge >= 0.3 is 0 Å². The molecule has 4 nitrogen and oxygen atoms in total. The van der Waals surface area contributed by atoms with E-state index >= 15 is 0 Å². The van der Waals surface area contributed by atoms with Gasteiger partial charge in [0.15, 0.2) is 0 Å². The number of likely N-dealkylation sites (N-methyl/N-ethyl adjacent to an activating group) is 1. The second kappa shape index (κ2) is 6.29. The quantitative estimate of drug-likeness (QED) is 0.911. The minimum absolute atomic E-state index is 0.128. The number of hydrogen-bond acceptors (Lipinski definition) is 3. The zero-order valence-corrected chi connectivity index (χ0v) is 13.7. The Hall–Kier alpha value is -1.55. The average molecular weight is 301 g/mol. The Morgan fingerprint density at radius 1 is 1.32 bits per heavy atom. The van der Waals surface area contributed by atoms with Crippen molar-refractivity contribution in [2.24, 2.45) is 17.6 Å². The van der Waals surface area contributed by atoms with Crippen LogP contribution in [-0.2, 0) is 11.3 Å². The van der Waals surface area contributed by atoms with Crippen molar-refractivity contribution in [3.8, 4) is 0 Å². The van der Waals surface area contributed by atoms with Crippen LogP contribution in [0.1, 0.15) is 31.7 Å². The van der Waals surface area contributed by atoms with Gasteiger partial charge in [-0.15, -0.1) is 0 Å². The molecular formula is C18H27N3O. The van der Waals surface area contributed by atoms with E-state index in [9.17, 15) is 4.79 Å². The second-order valence-corrected chi connectivity index (χ2v) is 6.86. The SMILES string of the molecule is CC1CN(C)c2ccccc2CN1C(=O)[C@@H]1CCC[C@@H]1CN. The average Bonchev–Trinajstić information content (AvgIpc) is 2.95. The van der Waals surface area contributed by atoms with Crippen molar-refractivity contribution in [1.29, 1.82) is 0 Å². The predicted molar refractivity (Wildman–Crippen MR) is 89.6 cm³/mol. The molecule has 1 fully saturated rings. The monoisotopic (exact) mass is 301 g/mol. The van der Waals surface area contributed by atoms with E-state index in [-0.39, 0.29) is 12.0 Å². The third-order valence-corrected chi connectivity index (χ3v) is 5.38. The number of nitrogens with zero attached hydrogens (tertiary/aromatic N) is 2. The molecular weight excluding hydrogens is 274 g/mol. The Balaban J connectivity index is 1.85. The lowest BCUT2D eigenvalue weighted by Gasteiger charge is -2.32. The first-order chi connectivity index (χ1) is 10.6. The third kappa shape index (κ3) is 2.72. The normalized spacial score (nSPS) is 28.4. The summed E-state index contributed by atoms with van der Waals surface area (Å²) in [5.74, 6) is 0.810. The number of amides is 1. The van der Waals surface area contributed by atoms with E-state index in [1.807, 2.05) is 0 Å². The number of fused-ring (bicyclic) bond motifs is 1. The molecule has 2 N–H and O–H groups in total. The first-order valence-corrected chi connectivity index (χ1v) is 8.41. The molecule has 0 radical (unpaired) electrons. The highest BCUT2D eigenvalue weighted by Gasteiger charge is 2.37. The summed E-state index contributed by atoms with van der Waals surface area (Å²) < 4.78 is 0. The number of nitrogens with two attached hydrogens (primary N) is 1. The number of benzene rings is 1. The highest BCUT2D eigenvalue weighted by Crippen LogP contribution is 2.34. The largest absolute Gasteiger partial charge is 0.372 e. The van der Waals surface area contributed by atoms with Gasteiger partial charge in [0.25, 0.3) is 0 Å². The van der Waals surface area contributed by atoms with E-state index in [1.54, 1.807) is 0 Å². The lowest BCUT2D eigenvalue weighted by Crippen LogP contribution is -2.46. The van der Waals surface area contributed by atoms with E-state index in [4.69, 9.17) is 5.73 Å². The van der Waals surface area contributed by atoms with Crippen LogP contribution in [0.15, 0.2) is 24.3 Å². The van der Waals surface area contributed by atoms with Gasteiger partial charge in [-0.3, -0.25) is 4.79 Å². The summed E-state index contributed by atoms with van der Waals surface area (Å²) in [6.45, 7) is 4.39. The zero-order chi connectivity index (χ0) is 15.7. The number of rotatable bonds is 2. The highest BCUT2D eigenvalue weighted by molar-refractivity contribution is 5.80. The van der Waals surface area contributed by atoms with Crippen LogP contribution in [0.25, 0.3) is 0 Å². The van der Waals surface area contributed by atoms with Crippen molar-refractivity contribution in [3.63, 3.8) is 0 Å². The van der Waals surface area contributed by atoms with Crippen LogP contribution in [0.3, 0.4) is 0 Å². The van der Waals surface area contributed by atoms with Gasteiger partial charge in [0.05, 0.1) is 0 Å². The van der Waals surface area contributed by atoms with Gasteiger partial charge < -0.3 is 15.5 Å². The molecule has 1 heterocycles. The van der Waals surface area contributed by atoms with Crippen molar-refractivity contribution in [1.82, 2.24) is 4.90 Å². The summed E-state index contributed by atoms with van der Waals surface area (Å²) in [5.41, 5.74) is 8.36. The fourth-order valence-corrected chi connectivity index (χ4v) is 4.10. The standard InChI is InChI=1S/C18H27N3O/c1-13-11-20(2)17-9-4-3-6-15(17)12-21(13)18(22)16-8-5-7-14(16)10-19/h3-4,6,9,13-14,16H,5,7-8,10-12,19H2,1-2H3/t13?,14-,16-/m1/s1. The van der Waals surface area contributed by atoms with Gasteiger partial charge in [-0.1, -0.05) is 24.6 Å². The molecule has 1 aromatic carbocycles. The fourth-order valence-electron chi connectivity index (χ4n) is 4.10. The lowest BCUT2D eigenvalue weighted by atomic mass is 9.94. The number of para-hydroxylation sites is 1. The van der Waals surface area contributed by atoms with E-state index in [2.05, 4.69) is 48.0 Å². The van der Waals surface area contributed by atoms with E-state index < -0.39 is 0 Å². The van der Waals surface area contributed by atoms with Crippen molar-refractivity contribution >= 4 is 11.6 Å². The number of anilines is 1. The molecule has 1 aromatic rings. The summed E-state index contributed by atoms with van der Waals surface area (Å²) in [6, 6.07) is 8.64. The molecule has 1 aliphatic heterocycles. The molecule has 1 aliphatic carbocycles. The highest BCUT2D eigenvalue weighted by atomic mass is 16.2. The molecule has 2 aliphatic rings. The molecule has 0 saturated heterocycles. The van der Waals surface area contributed by atoms with Crippen LogP contribution in [0.2, 0.25) is 0 Å². The molecule has 3 rings (SSSR count). The smallest absolute Gasteiger partial charge is 0.226 e. The molecule has 22 heavy (non-hydrogen) atoms. The van der Waals surface area contributed by atoms with Crippen molar-refractivity contribution in [3.05, 3.63) is 29.8 Å². The molecule has 3 atom stereocenters. The van der Waals surface area contributed by atoms with Gasteiger partial charge in [0, 0.05) is 37.8 Å². The van der Waals surface area contributed by atoms with Gasteiger partial charge in [0.2, 0.25) is 5.91 Å². The maximum atomic E-state index is 13.1. The van der Waals surface area contributed by atoms with E-state index in [0.29, 0.717) is 24.9 Å². The fraction of sp³-hybridized carbons (Fsp3) is 0.611. The Labute approximate surface area is 133 Å². The van der Waals surface area contributed by atoms with Crippen molar-refractivity contribution < 1.29 is 4.79 Å². The number of hydrogen-bond donors (Lipinski definition) is 1. The van der Waals surface area contributed by atoms with Crippen LogP contribution < -0.4 is 10.6 Å². The van der Waals surface area contributed by atoms with Crippen LogP contribution in [0.5, 0.6) is 0 Å². The molecule has 1 amide bonds. The third-order valence-electron chi connectivity index (χ3n) is 5.38. The van der Waals surface area contributed by atoms with Crippen LogP contribution in [0.4, 0.5) is 5.69 Å². The number of carbonyl (C=O) groups is 1. The van der Waals surface area contributed by atoms with E-state index in [0.717, 1.165) is 25.8 Å². The van der Waals surface area contributed by atoms with Crippen LogP contribution in [-0.4, -0.2) is 37.0 Å². The summed E-state index contributed by atoms with van der Waals surface area (Å²) >= 11 is 0. The van der Waals surface area contributed by atoms with Gasteiger partial charge in [0.1, 0.15) is 0 Å². The predicted octanol–water partition coefficient (Wildman–Crippen LogP) is 2.23. The maximum Gasteiger partial charge on any atom is 0.226 e. The van der Waals surface area contributed by atoms with E-state index in [1.165, 1.54) is 11.3 Å². The van der Waals surface area contributed by atoms with Crippen molar-refractivity contribution in [2.75, 3.05) is 25.0 Å². The first kappa shape index (κ1) is 15.3. The zero-order valence-electron chi connectivity index (χ0n) is 13.7. The topological polar surface area (TPSA) is 49.6 Å². The molecule has 1 unspecified atom stereocenters. The van der Waals surface area contributed by atoms with Crippen LogP contribution >= 0.6 is 0 Å². The first-order valence-electron chi connectivity index (χ1n) is 8.41. The molecule has 1 saturated carbocycles.